The first-order valence-corrected chi connectivity index (χ1v) is 6.01. The van der Waals surface area contributed by atoms with Crippen LogP contribution < -0.4 is 0 Å². The zero-order chi connectivity index (χ0) is 11.8. The van der Waals surface area contributed by atoms with Crippen molar-refractivity contribution in [2.75, 3.05) is 26.2 Å². The van der Waals surface area contributed by atoms with E-state index in [9.17, 15) is 4.79 Å². The fraction of sp³-hybridized carbons (Fsp3) is 0.917. The summed E-state index contributed by atoms with van der Waals surface area (Å²) in [6.45, 7) is 9.41. The minimum atomic E-state index is -0.371. The maximum Gasteiger partial charge on any atom is 0.310 e. The Morgan fingerprint density at radius 3 is 2.75 bits per heavy atom. The molecule has 2 saturated heterocycles. The Morgan fingerprint density at radius 2 is 2.19 bits per heavy atom. The van der Waals surface area contributed by atoms with Gasteiger partial charge in [-0.15, -0.1) is 0 Å². The lowest BCUT2D eigenvalue weighted by Crippen LogP contribution is -2.31. The first-order valence-electron chi connectivity index (χ1n) is 6.01. The number of hydrogen-bond donors (Lipinski definition) is 0. The maximum atomic E-state index is 11.8. The van der Waals surface area contributed by atoms with Gasteiger partial charge in [-0.2, -0.15) is 0 Å². The monoisotopic (exact) mass is 227 g/mol. The van der Waals surface area contributed by atoms with Gasteiger partial charge < -0.3 is 9.47 Å². The van der Waals surface area contributed by atoms with Crippen LogP contribution >= 0.6 is 0 Å². The molecule has 2 atom stereocenters. The Labute approximate surface area is 96.9 Å². The zero-order valence-electron chi connectivity index (χ0n) is 10.4. The molecule has 92 valence electrons. The third kappa shape index (κ3) is 3.46. The van der Waals surface area contributed by atoms with Crippen LogP contribution in [-0.2, 0) is 14.3 Å². The molecule has 0 aromatic carbocycles. The van der Waals surface area contributed by atoms with Crippen molar-refractivity contribution in [2.45, 2.75) is 38.9 Å². The second-order valence-electron chi connectivity index (χ2n) is 5.73. The van der Waals surface area contributed by atoms with E-state index >= 15 is 0 Å². The molecule has 2 heterocycles. The third-order valence-electron chi connectivity index (χ3n) is 2.88. The summed E-state index contributed by atoms with van der Waals surface area (Å²) < 4.78 is 10.6. The van der Waals surface area contributed by atoms with E-state index in [2.05, 4.69) is 4.90 Å². The highest BCUT2D eigenvalue weighted by atomic mass is 16.6. The van der Waals surface area contributed by atoms with Gasteiger partial charge >= 0.3 is 5.97 Å². The van der Waals surface area contributed by atoms with Crippen molar-refractivity contribution in [1.82, 2.24) is 4.90 Å². The number of carbonyl (C=O) groups excluding carboxylic acids is 1. The average Bonchev–Trinajstić information content (AvgIpc) is 2.78. The van der Waals surface area contributed by atoms with E-state index < -0.39 is 0 Å². The van der Waals surface area contributed by atoms with Crippen molar-refractivity contribution in [3.8, 4) is 0 Å². The van der Waals surface area contributed by atoms with E-state index in [4.69, 9.17) is 9.47 Å². The first kappa shape index (κ1) is 11.9. The quantitative estimate of drug-likeness (QED) is 0.534. The normalized spacial score (nSPS) is 30.4. The summed E-state index contributed by atoms with van der Waals surface area (Å²) in [4.78, 5) is 14.1. The fourth-order valence-electron chi connectivity index (χ4n) is 2.04. The number of esters is 1. The lowest BCUT2D eigenvalue weighted by molar-refractivity contribution is -0.159. The molecule has 0 unspecified atom stereocenters. The molecule has 0 spiro atoms. The SMILES string of the molecule is CC(C)(C)OC(=O)[C@@H]1CCN(C[C@@H]2CO2)C1. The maximum absolute atomic E-state index is 11.8. The minimum absolute atomic E-state index is 0.0493. The summed E-state index contributed by atoms with van der Waals surface area (Å²) in [6.07, 6.45) is 1.33. The Kier molecular flexibility index (Phi) is 3.22. The van der Waals surface area contributed by atoms with Gasteiger partial charge in [0, 0.05) is 13.1 Å². The number of epoxide rings is 1. The third-order valence-corrected chi connectivity index (χ3v) is 2.88. The fourth-order valence-corrected chi connectivity index (χ4v) is 2.04. The van der Waals surface area contributed by atoms with Gasteiger partial charge in [0.05, 0.1) is 18.6 Å². The van der Waals surface area contributed by atoms with Gasteiger partial charge in [-0.25, -0.2) is 0 Å². The topological polar surface area (TPSA) is 42.1 Å². The Balaban J connectivity index is 1.76. The number of likely N-dealkylation sites (tertiary alicyclic amines) is 1. The van der Waals surface area contributed by atoms with Crippen LogP contribution in [0.4, 0.5) is 0 Å². The molecule has 2 fully saturated rings. The minimum Gasteiger partial charge on any atom is -0.460 e. The molecule has 16 heavy (non-hydrogen) atoms. The smallest absolute Gasteiger partial charge is 0.310 e. The van der Waals surface area contributed by atoms with Gasteiger partial charge in [-0.05, 0) is 33.7 Å². The molecule has 4 heteroatoms. The second-order valence-corrected chi connectivity index (χ2v) is 5.73. The lowest BCUT2D eigenvalue weighted by atomic mass is 10.1. The molecule has 0 N–H and O–H groups in total. The first-order chi connectivity index (χ1) is 7.44. The zero-order valence-corrected chi connectivity index (χ0v) is 10.4. The van der Waals surface area contributed by atoms with Crippen molar-refractivity contribution in [3.05, 3.63) is 0 Å². The lowest BCUT2D eigenvalue weighted by Gasteiger charge is -2.22. The molecule has 4 nitrogen and oxygen atoms in total. The summed E-state index contributed by atoms with van der Waals surface area (Å²) in [5.74, 6) is 0.00434. The van der Waals surface area contributed by atoms with Crippen molar-refractivity contribution in [3.63, 3.8) is 0 Å². The molecule has 0 radical (unpaired) electrons. The van der Waals surface area contributed by atoms with E-state index in [-0.39, 0.29) is 17.5 Å². The molecular weight excluding hydrogens is 206 g/mol. The Bertz CT molecular complexity index is 268. The highest BCUT2D eigenvalue weighted by molar-refractivity contribution is 5.73. The van der Waals surface area contributed by atoms with Crippen LogP contribution in [0.3, 0.4) is 0 Å². The van der Waals surface area contributed by atoms with E-state index in [1.807, 2.05) is 20.8 Å². The molecule has 0 bridgehead atoms. The van der Waals surface area contributed by atoms with Crippen LogP contribution in [0.1, 0.15) is 27.2 Å². The van der Waals surface area contributed by atoms with Crippen molar-refractivity contribution in [1.29, 1.82) is 0 Å². The summed E-state index contributed by atoms with van der Waals surface area (Å²) in [5.41, 5.74) is -0.371. The summed E-state index contributed by atoms with van der Waals surface area (Å²) in [7, 11) is 0. The van der Waals surface area contributed by atoms with Gasteiger partial charge in [0.25, 0.3) is 0 Å². The average molecular weight is 227 g/mol. The Hall–Kier alpha value is -0.610. The van der Waals surface area contributed by atoms with E-state index in [1.54, 1.807) is 0 Å². The molecule has 2 aliphatic rings. The highest BCUT2D eigenvalue weighted by Crippen LogP contribution is 2.22. The van der Waals surface area contributed by atoms with Gasteiger partial charge in [0.15, 0.2) is 0 Å². The van der Waals surface area contributed by atoms with Crippen LogP contribution in [0.2, 0.25) is 0 Å². The highest BCUT2D eigenvalue weighted by Gasteiger charge is 2.34. The van der Waals surface area contributed by atoms with Crippen LogP contribution in [0, 0.1) is 5.92 Å². The molecule has 0 aromatic rings. The van der Waals surface area contributed by atoms with Crippen LogP contribution in [0.15, 0.2) is 0 Å². The van der Waals surface area contributed by atoms with Crippen LogP contribution in [0.5, 0.6) is 0 Å². The van der Waals surface area contributed by atoms with Gasteiger partial charge in [-0.1, -0.05) is 0 Å². The number of ether oxygens (including phenoxy) is 2. The number of carbonyl (C=O) groups is 1. The predicted octanol–water partition coefficient (Wildman–Crippen LogP) is 1.05. The molecule has 2 aliphatic heterocycles. The number of hydrogen-bond acceptors (Lipinski definition) is 4. The Morgan fingerprint density at radius 1 is 1.50 bits per heavy atom. The van der Waals surface area contributed by atoms with E-state index in [0.29, 0.717) is 6.10 Å². The number of rotatable bonds is 3. The molecule has 0 aliphatic carbocycles. The number of nitrogens with zero attached hydrogens (tertiary/aromatic N) is 1. The summed E-state index contributed by atoms with van der Waals surface area (Å²) in [6, 6.07) is 0. The van der Waals surface area contributed by atoms with Crippen molar-refractivity contribution >= 4 is 5.97 Å². The summed E-state index contributed by atoms with van der Waals surface area (Å²) in [5, 5.41) is 0. The molecule has 0 amide bonds. The molecule has 0 aromatic heterocycles. The van der Waals surface area contributed by atoms with Crippen molar-refractivity contribution in [2.24, 2.45) is 5.92 Å². The van der Waals surface area contributed by atoms with Crippen LogP contribution in [-0.4, -0.2) is 48.8 Å². The van der Waals surface area contributed by atoms with Crippen LogP contribution in [0.25, 0.3) is 0 Å². The van der Waals surface area contributed by atoms with E-state index in [1.165, 1.54) is 0 Å². The molecular formula is C12H21NO3. The van der Waals surface area contributed by atoms with Gasteiger partial charge in [0.2, 0.25) is 0 Å². The predicted molar refractivity (Wildman–Crippen MR) is 60.1 cm³/mol. The van der Waals surface area contributed by atoms with E-state index in [0.717, 1.165) is 32.7 Å². The molecule has 2 rings (SSSR count). The second kappa shape index (κ2) is 4.34. The molecule has 0 saturated carbocycles. The summed E-state index contributed by atoms with van der Waals surface area (Å²) >= 11 is 0. The largest absolute Gasteiger partial charge is 0.460 e. The van der Waals surface area contributed by atoms with Gasteiger partial charge in [-0.3, -0.25) is 9.69 Å². The standard InChI is InChI=1S/C12H21NO3/c1-12(2,3)16-11(14)9-4-5-13(6-9)7-10-8-15-10/h9-10H,4-8H2,1-3H3/t9-,10-/m1/s1. The van der Waals surface area contributed by atoms with Crippen molar-refractivity contribution < 1.29 is 14.3 Å². The van der Waals surface area contributed by atoms with Gasteiger partial charge in [0.1, 0.15) is 5.60 Å².